The molecule has 6 N–H and O–H groups in total. The van der Waals surface area contributed by atoms with Gasteiger partial charge in [-0.2, -0.15) is 0 Å². The fourth-order valence-electron chi connectivity index (χ4n) is 5.24. The number of aliphatic hydroxyl groups is 5. The van der Waals surface area contributed by atoms with Crippen LogP contribution in [0.2, 0.25) is 0 Å². The maximum absolute atomic E-state index is 12.0. The number of carbonyl (C=O) groups excluding carboxylic acids is 1. The Morgan fingerprint density at radius 1 is 0.750 bits per heavy atom. The molecule has 238 valence electrons. The molecular weight excluding hydrogens is 514 g/mol. The molecule has 40 heavy (non-hydrogen) atoms. The molecule has 1 aliphatic heterocycles. The number of unbranched alkanes of at least 4 members (excludes halogenated alkanes) is 16. The van der Waals surface area contributed by atoms with Crippen LogP contribution in [0.15, 0.2) is 0 Å². The first-order valence-electron chi connectivity index (χ1n) is 16.2. The van der Waals surface area contributed by atoms with Crippen molar-refractivity contribution in [2.75, 3.05) is 13.2 Å². The van der Waals surface area contributed by atoms with Gasteiger partial charge in [-0.3, -0.25) is 4.79 Å². The SMILES string of the molecule is CCCCCCCCCCCCCCCCCCCC(O)C(COC1OC(CO)C(O)C(O)C1O)NC(=O)CC. The van der Waals surface area contributed by atoms with Crippen LogP contribution in [0.1, 0.15) is 136 Å². The smallest absolute Gasteiger partial charge is 0.220 e. The minimum absolute atomic E-state index is 0.144. The maximum atomic E-state index is 12.0. The first kappa shape index (κ1) is 37.2. The molecule has 7 unspecified atom stereocenters. The molecule has 0 radical (unpaired) electrons. The van der Waals surface area contributed by atoms with E-state index in [2.05, 4.69) is 12.2 Å². The lowest BCUT2D eigenvalue weighted by molar-refractivity contribution is -0.302. The van der Waals surface area contributed by atoms with Crippen molar-refractivity contribution in [3.05, 3.63) is 0 Å². The summed E-state index contributed by atoms with van der Waals surface area (Å²) in [6, 6.07) is -0.708. The predicted molar refractivity (Wildman–Crippen MR) is 157 cm³/mol. The van der Waals surface area contributed by atoms with Crippen molar-refractivity contribution in [2.45, 2.75) is 179 Å². The molecule has 9 nitrogen and oxygen atoms in total. The van der Waals surface area contributed by atoms with Gasteiger partial charge in [0.1, 0.15) is 24.4 Å². The van der Waals surface area contributed by atoms with Crippen molar-refractivity contribution in [3.63, 3.8) is 0 Å². The monoisotopic (exact) mass is 575 g/mol. The molecule has 0 saturated carbocycles. The molecule has 0 aromatic heterocycles. The highest BCUT2D eigenvalue weighted by atomic mass is 16.7. The lowest BCUT2D eigenvalue weighted by Crippen LogP contribution is -2.60. The summed E-state index contributed by atoms with van der Waals surface area (Å²) in [5, 5.41) is 52.9. The topological polar surface area (TPSA) is 149 Å². The first-order chi connectivity index (χ1) is 19.3. The van der Waals surface area contributed by atoms with E-state index in [9.17, 15) is 30.3 Å². The largest absolute Gasteiger partial charge is 0.394 e. The molecule has 9 heteroatoms. The highest BCUT2D eigenvalue weighted by Crippen LogP contribution is 2.22. The molecule has 1 fully saturated rings. The average molecular weight is 576 g/mol. The summed E-state index contributed by atoms with van der Waals surface area (Å²) >= 11 is 0. The van der Waals surface area contributed by atoms with Crippen LogP contribution in [0.4, 0.5) is 0 Å². The van der Waals surface area contributed by atoms with Crippen LogP contribution in [0.3, 0.4) is 0 Å². The number of aliphatic hydroxyl groups excluding tert-OH is 5. The maximum Gasteiger partial charge on any atom is 0.220 e. The predicted octanol–water partition coefficient (Wildman–Crippen LogP) is 4.10. The van der Waals surface area contributed by atoms with Gasteiger partial charge in [0, 0.05) is 6.42 Å². The molecule has 0 aromatic carbocycles. The highest BCUT2D eigenvalue weighted by Gasteiger charge is 2.44. The minimum atomic E-state index is -1.54. The average Bonchev–Trinajstić information content (AvgIpc) is 2.96. The number of nitrogens with one attached hydrogen (secondary N) is 1. The van der Waals surface area contributed by atoms with E-state index in [-0.39, 0.29) is 18.9 Å². The van der Waals surface area contributed by atoms with E-state index in [0.29, 0.717) is 6.42 Å². The zero-order valence-electron chi connectivity index (χ0n) is 25.4. The third-order valence-electron chi connectivity index (χ3n) is 8.02. The molecule has 1 rings (SSSR count). The normalized spacial score (nSPS) is 24.6. The molecule has 0 aromatic rings. The fraction of sp³-hybridized carbons (Fsp3) is 0.968. The quantitative estimate of drug-likeness (QED) is 0.0892. The van der Waals surface area contributed by atoms with Crippen molar-refractivity contribution in [1.29, 1.82) is 0 Å². The van der Waals surface area contributed by atoms with Gasteiger partial charge in [-0.1, -0.05) is 123 Å². The van der Waals surface area contributed by atoms with Crippen molar-refractivity contribution >= 4 is 5.91 Å². The van der Waals surface area contributed by atoms with E-state index in [1.165, 1.54) is 89.9 Å². The lowest BCUT2D eigenvalue weighted by atomic mass is 9.99. The molecule has 1 saturated heterocycles. The summed E-state index contributed by atoms with van der Waals surface area (Å²) in [6.07, 6.45) is 14.8. The summed E-state index contributed by atoms with van der Waals surface area (Å²) in [5.74, 6) is -0.233. The lowest BCUT2D eigenvalue weighted by Gasteiger charge is -2.40. The van der Waals surface area contributed by atoms with Gasteiger partial charge in [-0.25, -0.2) is 0 Å². The fourth-order valence-corrected chi connectivity index (χ4v) is 5.24. The van der Waals surface area contributed by atoms with Crippen LogP contribution >= 0.6 is 0 Å². The second kappa shape index (κ2) is 23.7. The van der Waals surface area contributed by atoms with Gasteiger partial charge < -0.3 is 40.3 Å². The third-order valence-corrected chi connectivity index (χ3v) is 8.02. The van der Waals surface area contributed by atoms with Gasteiger partial charge in [0.15, 0.2) is 6.29 Å². The van der Waals surface area contributed by atoms with Crippen molar-refractivity contribution < 1.29 is 39.8 Å². The Morgan fingerprint density at radius 2 is 1.23 bits per heavy atom. The van der Waals surface area contributed by atoms with Crippen LogP contribution in [0.25, 0.3) is 0 Å². The van der Waals surface area contributed by atoms with Crippen LogP contribution in [-0.2, 0) is 14.3 Å². The Labute approximate surface area is 243 Å². The molecule has 0 aliphatic carbocycles. The van der Waals surface area contributed by atoms with Gasteiger partial charge in [0.2, 0.25) is 5.91 Å². The molecule has 1 aliphatic rings. The number of rotatable bonds is 25. The van der Waals surface area contributed by atoms with E-state index >= 15 is 0 Å². The number of amides is 1. The third kappa shape index (κ3) is 16.0. The van der Waals surface area contributed by atoms with E-state index in [1.54, 1.807) is 6.92 Å². The second-order valence-corrected chi connectivity index (χ2v) is 11.6. The van der Waals surface area contributed by atoms with Crippen LogP contribution in [0, 0.1) is 0 Å². The van der Waals surface area contributed by atoms with E-state index in [4.69, 9.17) is 9.47 Å². The number of hydrogen-bond acceptors (Lipinski definition) is 8. The van der Waals surface area contributed by atoms with Gasteiger partial charge >= 0.3 is 0 Å². The van der Waals surface area contributed by atoms with Gasteiger partial charge in [-0.05, 0) is 6.42 Å². The number of hydrogen-bond donors (Lipinski definition) is 6. The zero-order valence-corrected chi connectivity index (χ0v) is 25.4. The Kier molecular flexibility index (Phi) is 22.1. The number of ether oxygens (including phenoxy) is 2. The highest BCUT2D eigenvalue weighted by molar-refractivity contribution is 5.75. The standard InChI is InChI=1S/C31H61NO8/c1-3-5-6-7-8-9-10-11-12-13-14-15-16-17-18-19-20-21-25(34)24(32-27(35)4-2)23-39-31-30(38)29(37)28(36)26(22-33)40-31/h24-26,28-31,33-34,36-38H,3-23H2,1-2H3,(H,32,35). The summed E-state index contributed by atoms with van der Waals surface area (Å²) in [6.45, 7) is 3.28. The molecule has 1 amide bonds. The van der Waals surface area contributed by atoms with E-state index < -0.39 is 49.5 Å². The van der Waals surface area contributed by atoms with E-state index in [1.807, 2.05) is 0 Å². The summed E-state index contributed by atoms with van der Waals surface area (Å²) < 4.78 is 10.9. The summed E-state index contributed by atoms with van der Waals surface area (Å²) in [4.78, 5) is 12.0. The Morgan fingerprint density at radius 3 is 1.68 bits per heavy atom. The Hall–Kier alpha value is -0.810. The van der Waals surface area contributed by atoms with Crippen molar-refractivity contribution in [2.24, 2.45) is 0 Å². The van der Waals surface area contributed by atoms with Crippen molar-refractivity contribution in [1.82, 2.24) is 5.32 Å². The van der Waals surface area contributed by atoms with Gasteiger partial charge in [0.05, 0.1) is 25.4 Å². The Bertz CT molecular complexity index is 608. The van der Waals surface area contributed by atoms with Gasteiger partial charge in [-0.15, -0.1) is 0 Å². The second-order valence-electron chi connectivity index (χ2n) is 11.6. The van der Waals surface area contributed by atoms with Crippen LogP contribution in [0.5, 0.6) is 0 Å². The summed E-state index contributed by atoms with van der Waals surface area (Å²) in [5.41, 5.74) is 0. The Balaban J connectivity index is 2.17. The minimum Gasteiger partial charge on any atom is -0.394 e. The van der Waals surface area contributed by atoms with Crippen molar-refractivity contribution in [3.8, 4) is 0 Å². The molecule has 1 heterocycles. The molecule has 7 atom stereocenters. The molecular formula is C31H61NO8. The molecule has 0 bridgehead atoms. The number of carbonyl (C=O) groups is 1. The van der Waals surface area contributed by atoms with Crippen LogP contribution in [-0.4, -0.2) is 87.5 Å². The van der Waals surface area contributed by atoms with E-state index in [0.717, 1.165) is 19.3 Å². The van der Waals surface area contributed by atoms with Gasteiger partial charge in [0.25, 0.3) is 0 Å². The first-order valence-corrected chi connectivity index (χ1v) is 16.2. The van der Waals surface area contributed by atoms with Crippen LogP contribution < -0.4 is 5.32 Å². The molecule has 0 spiro atoms. The zero-order chi connectivity index (χ0) is 29.6. The summed E-state index contributed by atoms with van der Waals surface area (Å²) in [7, 11) is 0.